The van der Waals surface area contributed by atoms with E-state index in [0.29, 0.717) is 94.1 Å². The van der Waals surface area contributed by atoms with E-state index in [4.69, 9.17) is 0 Å². The molecule has 0 aromatic rings. The molecule has 620 valence electrons. The molecule has 6 aliphatic heterocycles. The molecule has 16 heteroatoms. The highest BCUT2D eigenvalue weighted by atomic mass is 16.2. The van der Waals surface area contributed by atoms with Gasteiger partial charge in [-0.1, -0.05) is 136 Å². The summed E-state index contributed by atoms with van der Waals surface area (Å²) in [6.07, 6.45) is 29.4. The van der Waals surface area contributed by atoms with Gasteiger partial charge in [-0.15, -0.1) is 0 Å². The fraction of sp³-hybridized carbons (Fsp3) is 0.911. The van der Waals surface area contributed by atoms with Crippen LogP contribution in [-0.4, -0.2) is 221 Å². The maximum atomic E-state index is 11.6. The van der Waals surface area contributed by atoms with Crippen LogP contribution in [0, 0.1) is 67.0 Å². The Morgan fingerprint density at radius 3 is 0.726 bits per heavy atom. The first-order valence-electron chi connectivity index (χ1n) is 42.3. The van der Waals surface area contributed by atoms with Gasteiger partial charge in [0.1, 0.15) is 46.3 Å². The van der Waals surface area contributed by atoms with Crippen molar-refractivity contribution in [2.24, 2.45) is 67.0 Å². The van der Waals surface area contributed by atoms with Crippen molar-refractivity contribution < 1.29 is 38.4 Å². The molecule has 0 aromatic carbocycles. The number of ketones is 8. The van der Waals surface area contributed by atoms with E-state index in [1.807, 2.05) is 27.7 Å². The maximum absolute atomic E-state index is 11.6. The van der Waals surface area contributed by atoms with Crippen molar-refractivity contribution in [3.05, 3.63) is 0 Å². The summed E-state index contributed by atoms with van der Waals surface area (Å²) in [7, 11) is 17.2. The molecule has 6 atom stereocenters. The van der Waals surface area contributed by atoms with Crippen LogP contribution in [0.5, 0.6) is 0 Å². The predicted octanol–water partition coefficient (Wildman–Crippen LogP) is 17.0. The Balaban J connectivity index is 0.000000606. The Bertz CT molecular complexity index is 2470. The molecule has 0 bridgehead atoms. The van der Waals surface area contributed by atoms with Crippen LogP contribution in [-0.2, 0) is 38.4 Å². The zero-order valence-corrected chi connectivity index (χ0v) is 75.4. The van der Waals surface area contributed by atoms with Gasteiger partial charge in [0.25, 0.3) is 0 Å². The van der Waals surface area contributed by atoms with Crippen LogP contribution in [0.4, 0.5) is 0 Å². The molecule has 0 spiro atoms. The number of carbonyl (C=O) groups is 8. The van der Waals surface area contributed by atoms with Gasteiger partial charge < -0.3 is 40.0 Å². The van der Waals surface area contributed by atoms with Crippen molar-refractivity contribution in [2.45, 2.75) is 357 Å². The van der Waals surface area contributed by atoms with Crippen LogP contribution >= 0.6 is 0 Å². The van der Waals surface area contributed by atoms with Gasteiger partial charge in [0, 0.05) is 92.7 Å². The lowest BCUT2D eigenvalue weighted by Crippen LogP contribution is -2.49. The molecule has 0 amide bonds. The molecule has 8 rings (SSSR count). The Labute approximate surface area is 653 Å². The van der Waals surface area contributed by atoms with Gasteiger partial charge in [-0.2, -0.15) is 0 Å². The fourth-order valence-corrected chi connectivity index (χ4v) is 17.2. The van der Waals surface area contributed by atoms with E-state index in [0.717, 1.165) is 64.2 Å². The van der Waals surface area contributed by atoms with Gasteiger partial charge in [0.15, 0.2) is 0 Å². The van der Waals surface area contributed by atoms with Crippen molar-refractivity contribution in [3.63, 3.8) is 0 Å². The minimum absolute atomic E-state index is 0.114. The van der Waals surface area contributed by atoms with Crippen LogP contribution < -0.4 is 10.6 Å². The average molecular weight is 1490 g/mol. The van der Waals surface area contributed by atoms with Crippen LogP contribution in [0.3, 0.4) is 0 Å². The first kappa shape index (κ1) is 101. The van der Waals surface area contributed by atoms with Crippen molar-refractivity contribution in [3.8, 4) is 0 Å². The van der Waals surface area contributed by atoms with Gasteiger partial charge in [0.2, 0.25) is 0 Å². The lowest BCUT2D eigenvalue weighted by atomic mass is 9.68. The summed E-state index contributed by atoms with van der Waals surface area (Å²) in [6.45, 7) is 55.9. The Morgan fingerprint density at radius 1 is 0.274 bits per heavy atom. The fourth-order valence-electron chi connectivity index (χ4n) is 17.2. The molecule has 8 aliphatic rings. The van der Waals surface area contributed by atoms with E-state index in [1.165, 1.54) is 154 Å². The molecule has 106 heavy (non-hydrogen) atoms. The van der Waals surface area contributed by atoms with Crippen molar-refractivity contribution in [2.75, 3.05) is 109 Å². The van der Waals surface area contributed by atoms with E-state index >= 15 is 0 Å². The lowest BCUT2D eigenvalue weighted by molar-refractivity contribution is -0.129. The van der Waals surface area contributed by atoms with Crippen LogP contribution in [0.25, 0.3) is 0 Å². The molecular formula is C90H172N8O8. The van der Waals surface area contributed by atoms with Gasteiger partial charge >= 0.3 is 0 Å². The van der Waals surface area contributed by atoms with E-state index < -0.39 is 0 Å². The van der Waals surface area contributed by atoms with E-state index in [-0.39, 0.29) is 43.3 Å². The highest BCUT2D eigenvalue weighted by molar-refractivity contribution is 5.85. The quantitative estimate of drug-likeness (QED) is 0.132. The van der Waals surface area contributed by atoms with Crippen molar-refractivity contribution >= 4 is 46.3 Å². The second-order valence-electron chi connectivity index (χ2n) is 39.4. The summed E-state index contributed by atoms with van der Waals surface area (Å²) in [5, 5.41) is 6.84. The molecular weight excluding hydrogens is 1320 g/mol. The van der Waals surface area contributed by atoms with E-state index in [9.17, 15) is 38.4 Å². The molecule has 2 saturated carbocycles. The first-order valence-corrected chi connectivity index (χ1v) is 42.3. The number of Topliss-reactive ketones (excluding diaryl/α,β-unsaturated/α-hetero) is 8. The number of piperidine rings is 6. The second-order valence-corrected chi connectivity index (χ2v) is 39.4. The zero-order valence-electron chi connectivity index (χ0n) is 75.4. The van der Waals surface area contributed by atoms with Gasteiger partial charge in [0.05, 0.1) is 0 Å². The van der Waals surface area contributed by atoms with Crippen molar-refractivity contribution in [1.82, 2.24) is 40.0 Å². The number of nitrogens with zero attached hydrogens (tertiary/aromatic N) is 6. The summed E-state index contributed by atoms with van der Waals surface area (Å²) in [5.41, 5.74) is -1.19. The molecule has 0 aromatic heterocycles. The number of rotatable bonds is 18. The third-order valence-electron chi connectivity index (χ3n) is 29.0. The van der Waals surface area contributed by atoms with Crippen LogP contribution in [0.15, 0.2) is 0 Å². The second kappa shape index (κ2) is 45.7. The molecule has 8 fully saturated rings. The number of nitrogens with one attached hydrogen (secondary N) is 2. The monoisotopic (exact) mass is 1490 g/mol. The third-order valence-corrected chi connectivity index (χ3v) is 29.0. The van der Waals surface area contributed by atoms with Crippen LogP contribution in [0.1, 0.15) is 320 Å². The smallest absolute Gasteiger partial charge is 0.136 e. The minimum atomic E-state index is -0.180. The van der Waals surface area contributed by atoms with E-state index in [1.54, 1.807) is 55.4 Å². The summed E-state index contributed by atoms with van der Waals surface area (Å²) in [5.74, 6) is 4.82. The summed E-state index contributed by atoms with van der Waals surface area (Å²) in [6, 6.07) is 3.12. The molecule has 6 heterocycles. The molecule has 6 saturated heterocycles. The molecule has 2 aliphatic carbocycles. The summed E-state index contributed by atoms with van der Waals surface area (Å²) in [4.78, 5) is 106. The minimum Gasteiger partial charge on any atom is -0.313 e. The van der Waals surface area contributed by atoms with Gasteiger partial charge in [-0.25, -0.2) is 0 Å². The Kier molecular flexibility index (Phi) is 43.5. The topological polar surface area (TPSA) is 180 Å². The van der Waals surface area contributed by atoms with E-state index in [2.05, 4.69) is 179 Å². The molecule has 0 radical (unpaired) electrons. The lowest BCUT2D eigenvalue weighted by Gasteiger charge is -2.41. The highest BCUT2D eigenvalue weighted by Gasteiger charge is 2.43. The first-order chi connectivity index (χ1) is 48.6. The number of hydrogen-bond acceptors (Lipinski definition) is 16. The predicted molar refractivity (Wildman–Crippen MR) is 447 cm³/mol. The number of carbonyl (C=O) groups excluding carboxylic acids is 8. The highest BCUT2D eigenvalue weighted by Crippen LogP contribution is 2.43. The summed E-state index contributed by atoms with van der Waals surface area (Å²) >= 11 is 0. The zero-order chi connectivity index (χ0) is 81.9. The molecule has 0 unspecified atom stereocenters. The average Bonchev–Trinajstić information content (AvgIpc) is 0.828. The largest absolute Gasteiger partial charge is 0.313 e. The Morgan fingerprint density at radius 2 is 0.519 bits per heavy atom. The number of hydrogen-bond donors (Lipinski definition) is 2. The number of likely N-dealkylation sites (tertiary alicyclic amines) is 4. The maximum Gasteiger partial charge on any atom is 0.136 e. The molecule has 16 nitrogen and oxygen atoms in total. The SMILES string of the molecule is CC(=O)C(C)(C)C1CCC(N(C)C)CC1.CC(=O)C(C)(C)C1CCC(N(C)C)CC1.CC(=O)C(C)(C)[C@@H]1CCCCN1.CC(=O)C(C)(C)[C@@H]1CCCCN1C.CC(=O)C(C)(C)[C@@H]1CCCN(C)C1.CC(=O)C(C)(C)[C@H]1CCCCN1.CC(=O)C(C)(C)[C@H]1CCCCN1C.CC(=O)C(C)(C)[C@H]1CCCN(C)C1. The standard InChI is InChI=1S/2C13H25NO.4C11H21NO.2C10H19NO/c2*1-10(15)13(2,3)11-6-8-12(9-7-11)14(4)5;2*1-9(13)11(2,3)10-6-5-7-12(4)8-10;2*1-9(13)11(2,3)10-7-5-6-8-12(10)4;2*1-8(12)10(2,3)9-6-4-5-7-11-9/h2*11-12H,6-9H2,1-5H3;4*10H,5-8H2,1-4H3;2*9,11H,4-7H2,1-3H3/t;;4*10-;2*9-/m..101010/s1. The normalized spacial score (nSPS) is 26.5. The summed E-state index contributed by atoms with van der Waals surface area (Å²) < 4.78 is 0. The van der Waals surface area contributed by atoms with Gasteiger partial charge in [-0.05, 0) is 303 Å². The van der Waals surface area contributed by atoms with Crippen molar-refractivity contribution in [1.29, 1.82) is 0 Å². The van der Waals surface area contributed by atoms with Crippen LogP contribution in [0.2, 0.25) is 0 Å². The molecule has 2 N–H and O–H groups in total. The third kappa shape index (κ3) is 31.5. The van der Waals surface area contributed by atoms with Gasteiger partial charge in [-0.3, -0.25) is 38.4 Å². The Hall–Kier alpha value is -2.96.